The molecule has 0 saturated heterocycles. The highest BCUT2D eigenvalue weighted by atomic mass is 32.1. The highest BCUT2D eigenvalue weighted by molar-refractivity contribution is 7.09. The fraction of sp³-hybridized carbons (Fsp3) is 0.333. The molecule has 0 aliphatic heterocycles. The summed E-state index contributed by atoms with van der Waals surface area (Å²) in [5, 5.41) is 6.25. The van der Waals surface area contributed by atoms with E-state index in [1.54, 1.807) is 11.3 Å². The Labute approximate surface area is 123 Å². The molecule has 2 aromatic rings. The van der Waals surface area contributed by atoms with Crippen molar-refractivity contribution in [2.24, 2.45) is 5.92 Å². The molecule has 2 rings (SSSR count). The van der Waals surface area contributed by atoms with Gasteiger partial charge in [0.2, 0.25) is 5.91 Å². The molecule has 0 fully saturated rings. The molecule has 5 heteroatoms. The molecule has 0 bridgehead atoms. The molecular formula is C15H19N3OS. The maximum Gasteiger partial charge on any atom is 0.226 e. The third kappa shape index (κ3) is 3.81. The number of amides is 1. The average molecular weight is 289 g/mol. The van der Waals surface area contributed by atoms with Crippen LogP contribution >= 0.6 is 11.3 Å². The second kappa shape index (κ2) is 6.52. The predicted molar refractivity (Wildman–Crippen MR) is 84.1 cm³/mol. The minimum absolute atomic E-state index is 0.0218. The van der Waals surface area contributed by atoms with Gasteiger partial charge >= 0.3 is 0 Å². The average Bonchev–Trinajstić information content (AvgIpc) is 2.82. The van der Waals surface area contributed by atoms with Crippen molar-refractivity contribution in [3.05, 3.63) is 40.3 Å². The number of aromatic nitrogens is 1. The maximum absolute atomic E-state index is 11.7. The fourth-order valence-corrected chi connectivity index (χ4v) is 2.39. The first-order chi connectivity index (χ1) is 9.56. The first kappa shape index (κ1) is 14.5. The van der Waals surface area contributed by atoms with E-state index in [2.05, 4.69) is 15.6 Å². The predicted octanol–water partition coefficient (Wildman–Crippen LogP) is 3.66. The summed E-state index contributed by atoms with van der Waals surface area (Å²) < 4.78 is 0. The van der Waals surface area contributed by atoms with E-state index in [1.807, 2.05) is 50.5 Å². The fourth-order valence-electron chi connectivity index (χ4n) is 1.67. The van der Waals surface area contributed by atoms with Crippen LogP contribution in [0.15, 0.2) is 29.8 Å². The van der Waals surface area contributed by atoms with Gasteiger partial charge in [-0.05, 0) is 25.1 Å². The number of rotatable bonds is 5. The van der Waals surface area contributed by atoms with Crippen molar-refractivity contribution in [3.8, 4) is 0 Å². The third-order valence-corrected chi connectivity index (χ3v) is 3.89. The molecule has 0 saturated carbocycles. The summed E-state index contributed by atoms with van der Waals surface area (Å²) in [7, 11) is 0. The standard InChI is InChI=1S/C15H19N3OS/c1-10(2)15(19)18-13-6-4-5-12(7-13)16-8-14-11(3)17-9-20-14/h4-7,9-10,16H,8H2,1-3H3,(H,18,19). The van der Waals surface area contributed by atoms with Gasteiger partial charge < -0.3 is 10.6 Å². The summed E-state index contributed by atoms with van der Waals surface area (Å²) >= 11 is 1.64. The van der Waals surface area contributed by atoms with Gasteiger partial charge in [-0.15, -0.1) is 11.3 Å². The van der Waals surface area contributed by atoms with Crippen LogP contribution in [-0.4, -0.2) is 10.9 Å². The summed E-state index contributed by atoms with van der Waals surface area (Å²) in [5.41, 5.74) is 4.71. The van der Waals surface area contributed by atoms with Crippen LogP contribution in [0.4, 0.5) is 11.4 Å². The largest absolute Gasteiger partial charge is 0.380 e. The molecule has 1 aromatic heterocycles. The topological polar surface area (TPSA) is 54.0 Å². The number of aryl methyl sites for hydroxylation is 1. The number of anilines is 2. The quantitative estimate of drug-likeness (QED) is 0.883. The van der Waals surface area contributed by atoms with Crippen molar-refractivity contribution >= 4 is 28.6 Å². The van der Waals surface area contributed by atoms with Crippen molar-refractivity contribution in [1.29, 1.82) is 0 Å². The Kier molecular flexibility index (Phi) is 4.74. The van der Waals surface area contributed by atoms with Crippen LogP contribution < -0.4 is 10.6 Å². The monoisotopic (exact) mass is 289 g/mol. The Bertz CT molecular complexity index is 592. The Morgan fingerprint density at radius 1 is 1.35 bits per heavy atom. The summed E-state index contributed by atoms with van der Waals surface area (Å²) in [5.74, 6) is 0.00640. The molecular weight excluding hydrogens is 270 g/mol. The maximum atomic E-state index is 11.7. The van der Waals surface area contributed by atoms with Crippen LogP contribution in [0, 0.1) is 12.8 Å². The van der Waals surface area contributed by atoms with Gasteiger partial charge in [0, 0.05) is 22.2 Å². The Hall–Kier alpha value is -1.88. The van der Waals surface area contributed by atoms with Gasteiger partial charge in [-0.25, -0.2) is 4.98 Å². The van der Waals surface area contributed by atoms with Crippen LogP contribution in [0.5, 0.6) is 0 Å². The minimum atomic E-state index is -0.0218. The van der Waals surface area contributed by atoms with Crippen molar-refractivity contribution in [2.45, 2.75) is 27.3 Å². The van der Waals surface area contributed by atoms with Gasteiger partial charge in [0.15, 0.2) is 0 Å². The molecule has 1 aromatic carbocycles. The Morgan fingerprint density at radius 3 is 2.75 bits per heavy atom. The van der Waals surface area contributed by atoms with E-state index in [-0.39, 0.29) is 11.8 Å². The van der Waals surface area contributed by atoms with E-state index < -0.39 is 0 Å². The van der Waals surface area contributed by atoms with Gasteiger partial charge in [-0.2, -0.15) is 0 Å². The molecule has 106 valence electrons. The molecule has 4 nitrogen and oxygen atoms in total. The van der Waals surface area contributed by atoms with Crippen LogP contribution in [0.3, 0.4) is 0 Å². The SMILES string of the molecule is Cc1ncsc1CNc1cccc(NC(=O)C(C)C)c1. The van der Waals surface area contributed by atoms with E-state index in [0.717, 1.165) is 23.6 Å². The number of carbonyl (C=O) groups excluding carboxylic acids is 1. The lowest BCUT2D eigenvalue weighted by Crippen LogP contribution is -2.17. The van der Waals surface area contributed by atoms with Gasteiger partial charge in [0.05, 0.1) is 17.7 Å². The molecule has 0 unspecified atom stereocenters. The van der Waals surface area contributed by atoms with Gasteiger partial charge in [-0.1, -0.05) is 19.9 Å². The highest BCUT2D eigenvalue weighted by Crippen LogP contribution is 2.19. The molecule has 0 radical (unpaired) electrons. The van der Waals surface area contributed by atoms with E-state index in [4.69, 9.17) is 0 Å². The number of carbonyl (C=O) groups is 1. The lowest BCUT2D eigenvalue weighted by atomic mass is 10.2. The molecule has 0 atom stereocenters. The number of nitrogens with zero attached hydrogens (tertiary/aromatic N) is 1. The number of hydrogen-bond acceptors (Lipinski definition) is 4. The number of thiazole rings is 1. The third-order valence-electron chi connectivity index (χ3n) is 2.95. The van der Waals surface area contributed by atoms with Gasteiger partial charge in [0.1, 0.15) is 0 Å². The highest BCUT2D eigenvalue weighted by Gasteiger charge is 2.07. The van der Waals surface area contributed by atoms with Crippen LogP contribution in [0.1, 0.15) is 24.4 Å². The normalized spacial score (nSPS) is 10.6. The van der Waals surface area contributed by atoms with Crippen molar-refractivity contribution < 1.29 is 4.79 Å². The van der Waals surface area contributed by atoms with Gasteiger partial charge in [0.25, 0.3) is 0 Å². The van der Waals surface area contributed by atoms with E-state index >= 15 is 0 Å². The molecule has 0 spiro atoms. The summed E-state index contributed by atoms with van der Waals surface area (Å²) in [6, 6.07) is 7.75. The zero-order chi connectivity index (χ0) is 14.5. The summed E-state index contributed by atoms with van der Waals surface area (Å²) in [6.45, 7) is 6.51. The second-order valence-corrected chi connectivity index (χ2v) is 5.88. The lowest BCUT2D eigenvalue weighted by Gasteiger charge is -2.10. The van der Waals surface area contributed by atoms with E-state index in [0.29, 0.717) is 0 Å². The molecule has 2 N–H and O–H groups in total. The van der Waals surface area contributed by atoms with Crippen molar-refractivity contribution in [1.82, 2.24) is 4.98 Å². The zero-order valence-corrected chi connectivity index (χ0v) is 12.8. The van der Waals surface area contributed by atoms with Crippen LogP contribution in [-0.2, 0) is 11.3 Å². The minimum Gasteiger partial charge on any atom is -0.380 e. The molecule has 20 heavy (non-hydrogen) atoms. The first-order valence-corrected chi connectivity index (χ1v) is 7.48. The smallest absolute Gasteiger partial charge is 0.226 e. The Balaban J connectivity index is 1.99. The molecule has 1 heterocycles. The lowest BCUT2D eigenvalue weighted by molar-refractivity contribution is -0.118. The van der Waals surface area contributed by atoms with Crippen molar-refractivity contribution in [3.63, 3.8) is 0 Å². The summed E-state index contributed by atoms with van der Waals surface area (Å²) in [4.78, 5) is 17.1. The van der Waals surface area contributed by atoms with Crippen LogP contribution in [0.25, 0.3) is 0 Å². The first-order valence-electron chi connectivity index (χ1n) is 6.60. The molecule has 1 amide bonds. The second-order valence-electron chi connectivity index (χ2n) is 4.94. The van der Waals surface area contributed by atoms with E-state index in [9.17, 15) is 4.79 Å². The Morgan fingerprint density at radius 2 is 2.10 bits per heavy atom. The van der Waals surface area contributed by atoms with E-state index in [1.165, 1.54) is 4.88 Å². The summed E-state index contributed by atoms with van der Waals surface area (Å²) in [6.07, 6.45) is 0. The molecule has 0 aliphatic rings. The zero-order valence-electron chi connectivity index (χ0n) is 11.9. The number of nitrogens with one attached hydrogen (secondary N) is 2. The number of hydrogen-bond donors (Lipinski definition) is 2. The van der Waals surface area contributed by atoms with Crippen LogP contribution in [0.2, 0.25) is 0 Å². The number of benzene rings is 1. The van der Waals surface area contributed by atoms with Crippen molar-refractivity contribution in [2.75, 3.05) is 10.6 Å². The van der Waals surface area contributed by atoms with Gasteiger partial charge in [-0.3, -0.25) is 4.79 Å². The molecule has 0 aliphatic carbocycles.